The second-order valence-electron chi connectivity index (χ2n) is 5.94. The van der Waals surface area contributed by atoms with Crippen molar-refractivity contribution in [3.8, 4) is 0 Å². The number of nitrogens with zero attached hydrogens (tertiary/aromatic N) is 1. The molecule has 1 atom stereocenters. The lowest BCUT2D eigenvalue weighted by molar-refractivity contribution is -0.127. The van der Waals surface area contributed by atoms with Crippen LogP contribution in [0, 0.1) is 5.92 Å². The van der Waals surface area contributed by atoms with E-state index in [0.717, 1.165) is 11.0 Å². The van der Waals surface area contributed by atoms with Gasteiger partial charge in [-0.15, -0.1) is 12.4 Å². The van der Waals surface area contributed by atoms with Crippen LogP contribution in [0.5, 0.6) is 0 Å². The van der Waals surface area contributed by atoms with E-state index in [1.807, 2.05) is 38.1 Å². The van der Waals surface area contributed by atoms with Crippen molar-refractivity contribution in [1.29, 1.82) is 0 Å². The Hall–Kier alpha value is -2.32. The number of nitrogens with two attached hydrogens (primary N) is 1. The van der Waals surface area contributed by atoms with Crippen LogP contribution >= 0.6 is 12.4 Å². The number of aromatic nitrogens is 2. The second-order valence-corrected chi connectivity index (χ2v) is 5.94. The van der Waals surface area contributed by atoms with E-state index >= 15 is 0 Å². The van der Waals surface area contributed by atoms with Crippen LogP contribution in [0.4, 0.5) is 0 Å². The number of aromatic amines is 1. The number of para-hydroxylation sites is 2. The Labute approximate surface area is 151 Å². The van der Waals surface area contributed by atoms with E-state index in [1.165, 1.54) is 0 Å². The molecule has 5 N–H and O–H groups in total. The molecule has 0 bridgehead atoms. The van der Waals surface area contributed by atoms with Gasteiger partial charge in [-0.1, -0.05) is 26.0 Å². The molecule has 9 heteroatoms. The van der Waals surface area contributed by atoms with Crippen molar-refractivity contribution in [2.24, 2.45) is 11.7 Å². The number of hydrogen-bond donors (Lipinski definition) is 4. The van der Waals surface area contributed by atoms with Gasteiger partial charge in [0.1, 0.15) is 0 Å². The largest absolute Gasteiger partial charge is 0.353 e. The number of rotatable bonds is 7. The third-order valence-corrected chi connectivity index (χ3v) is 3.78. The molecule has 1 aromatic heterocycles. The first-order chi connectivity index (χ1) is 11.4. The molecule has 2 aromatic rings. The minimum atomic E-state index is -0.636. The predicted octanol–water partition coefficient (Wildman–Crippen LogP) is -0.0329. The molecule has 2 amide bonds. The monoisotopic (exact) mass is 369 g/mol. The lowest BCUT2D eigenvalue weighted by Crippen LogP contribution is -2.47. The topological polar surface area (TPSA) is 122 Å². The number of imidazole rings is 1. The molecule has 2 rings (SSSR count). The summed E-state index contributed by atoms with van der Waals surface area (Å²) in [6, 6.07) is 6.71. The van der Waals surface area contributed by atoms with Crippen LogP contribution in [0.15, 0.2) is 29.1 Å². The highest BCUT2D eigenvalue weighted by molar-refractivity contribution is 5.87. The minimum absolute atomic E-state index is 0. The normalized spacial score (nSPS) is 11.8. The van der Waals surface area contributed by atoms with E-state index in [0.29, 0.717) is 6.54 Å². The van der Waals surface area contributed by atoms with Crippen molar-refractivity contribution in [3.63, 3.8) is 0 Å². The van der Waals surface area contributed by atoms with Crippen molar-refractivity contribution >= 4 is 35.3 Å². The maximum absolute atomic E-state index is 11.9. The zero-order valence-corrected chi connectivity index (χ0v) is 15.1. The average molecular weight is 370 g/mol. The summed E-state index contributed by atoms with van der Waals surface area (Å²) in [7, 11) is 0. The zero-order valence-electron chi connectivity index (χ0n) is 14.2. The molecule has 8 nitrogen and oxygen atoms in total. The van der Waals surface area contributed by atoms with Crippen molar-refractivity contribution in [3.05, 3.63) is 34.7 Å². The zero-order chi connectivity index (χ0) is 17.7. The quantitative estimate of drug-likeness (QED) is 0.547. The van der Waals surface area contributed by atoms with Crippen LogP contribution in [0.3, 0.4) is 0 Å². The van der Waals surface area contributed by atoms with E-state index in [9.17, 15) is 14.4 Å². The second kappa shape index (κ2) is 9.24. The Morgan fingerprint density at radius 1 is 1.24 bits per heavy atom. The maximum atomic E-state index is 11.9. The Kier molecular flexibility index (Phi) is 7.66. The average Bonchev–Trinajstić information content (AvgIpc) is 2.87. The highest BCUT2D eigenvalue weighted by Gasteiger charge is 2.17. The number of fused-ring (bicyclic) bond motifs is 1. The Bertz CT molecular complexity index is 783. The van der Waals surface area contributed by atoms with Gasteiger partial charge in [-0.05, 0) is 18.1 Å². The SMILES string of the molecule is CC(C)[C@H](N)C(=O)NCC(=O)NCCn1c(=O)[nH]c2ccccc21.Cl. The molecule has 0 unspecified atom stereocenters. The molecular formula is C16H24ClN5O3. The maximum Gasteiger partial charge on any atom is 0.326 e. The number of hydrogen-bond acceptors (Lipinski definition) is 4. The van der Waals surface area contributed by atoms with E-state index in [4.69, 9.17) is 5.73 Å². The van der Waals surface area contributed by atoms with E-state index < -0.39 is 6.04 Å². The number of halogens is 1. The van der Waals surface area contributed by atoms with Gasteiger partial charge in [0.25, 0.3) is 0 Å². The minimum Gasteiger partial charge on any atom is -0.353 e. The Balaban J connectivity index is 0.00000312. The summed E-state index contributed by atoms with van der Waals surface area (Å²) in [5.74, 6) is -0.679. The molecule has 0 saturated carbocycles. The van der Waals surface area contributed by atoms with Crippen LogP contribution in [0.25, 0.3) is 11.0 Å². The summed E-state index contributed by atoms with van der Waals surface area (Å²) >= 11 is 0. The molecule has 0 saturated heterocycles. The number of carbonyl (C=O) groups excluding carboxylic acids is 2. The van der Waals surface area contributed by atoms with Gasteiger partial charge < -0.3 is 21.4 Å². The first kappa shape index (κ1) is 20.7. The molecule has 1 heterocycles. The van der Waals surface area contributed by atoms with E-state index in [2.05, 4.69) is 15.6 Å². The fourth-order valence-corrected chi connectivity index (χ4v) is 2.29. The standard InChI is InChI=1S/C16H23N5O3.ClH/c1-10(2)14(17)15(23)19-9-13(22)18-7-8-21-12-6-4-3-5-11(12)20-16(21)24;/h3-6,10,14H,7-9,17H2,1-2H3,(H,18,22)(H,19,23)(H,20,24);1H/t14-;/m0./s1. The third kappa shape index (κ3) is 5.33. The molecule has 0 aliphatic heterocycles. The Morgan fingerprint density at radius 3 is 2.60 bits per heavy atom. The summed E-state index contributed by atoms with van der Waals surface area (Å²) < 4.78 is 1.56. The smallest absolute Gasteiger partial charge is 0.326 e. The van der Waals surface area contributed by atoms with Crippen LogP contribution in [-0.2, 0) is 16.1 Å². The molecule has 1 aromatic carbocycles. The van der Waals surface area contributed by atoms with Gasteiger partial charge in [0.15, 0.2) is 0 Å². The number of amides is 2. The molecular weight excluding hydrogens is 346 g/mol. The highest BCUT2D eigenvalue weighted by Crippen LogP contribution is 2.08. The third-order valence-electron chi connectivity index (χ3n) is 3.78. The van der Waals surface area contributed by atoms with Gasteiger partial charge in [-0.2, -0.15) is 0 Å². The summed E-state index contributed by atoms with van der Waals surface area (Å²) in [6.07, 6.45) is 0. The first-order valence-corrected chi connectivity index (χ1v) is 7.87. The molecule has 0 radical (unpaired) electrons. The fraction of sp³-hybridized carbons (Fsp3) is 0.438. The molecule has 25 heavy (non-hydrogen) atoms. The summed E-state index contributed by atoms with van der Waals surface area (Å²) in [6.45, 7) is 4.16. The predicted molar refractivity (Wildman–Crippen MR) is 98.6 cm³/mol. The highest BCUT2D eigenvalue weighted by atomic mass is 35.5. The summed E-state index contributed by atoms with van der Waals surface area (Å²) in [4.78, 5) is 38.1. The molecule has 0 aliphatic rings. The van der Waals surface area contributed by atoms with Gasteiger partial charge in [0, 0.05) is 13.1 Å². The van der Waals surface area contributed by atoms with Crippen molar-refractivity contribution in [2.45, 2.75) is 26.4 Å². The van der Waals surface area contributed by atoms with Crippen LogP contribution < -0.4 is 22.1 Å². The molecule has 0 spiro atoms. The van der Waals surface area contributed by atoms with Crippen LogP contribution in [0.2, 0.25) is 0 Å². The van der Waals surface area contributed by atoms with Gasteiger partial charge >= 0.3 is 5.69 Å². The van der Waals surface area contributed by atoms with E-state index in [-0.39, 0.29) is 48.9 Å². The van der Waals surface area contributed by atoms with Gasteiger partial charge in [-0.3, -0.25) is 14.2 Å². The fourth-order valence-electron chi connectivity index (χ4n) is 2.29. The number of H-pyrrole nitrogens is 1. The number of nitrogens with one attached hydrogen (secondary N) is 3. The molecule has 0 fully saturated rings. The van der Waals surface area contributed by atoms with Crippen LogP contribution in [0.1, 0.15) is 13.8 Å². The first-order valence-electron chi connectivity index (χ1n) is 7.87. The van der Waals surface area contributed by atoms with E-state index in [1.54, 1.807) is 4.57 Å². The summed E-state index contributed by atoms with van der Waals surface area (Å²) in [5, 5.41) is 5.17. The molecule has 0 aliphatic carbocycles. The lowest BCUT2D eigenvalue weighted by Gasteiger charge is -2.15. The van der Waals surface area contributed by atoms with Crippen molar-refractivity contribution in [2.75, 3.05) is 13.1 Å². The van der Waals surface area contributed by atoms with Crippen molar-refractivity contribution in [1.82, 2.24) is 20.2 Å². The molecule has 138 valence electrons. The summed E-state index contributed by atoms with van der Waals surface area (Å²) in [5.41, 5.74) is 7.01. The van der Waals surface area contributed by atoms with Gasteiger partial charge in [-0.25, -0.2) is 4.79 Å². The van der Waals surface area contributed by atoms with Crippen LogP contribution in [-0.4, -0.2) is 40.5 Å². The van der Waals surface area contributed by atoms with Crippen molar-refractivity contribution < 1.29 is 9.59 Å². The lowest BCUT2D eigenvalue weighted by atomic mass is 10.1. The number of carbonyl (C=O) groups is 2. The van der Waals surface area contributed by atoms with Gasteiger partial charge in [0.05, 0.1) is 23.6 Å². The Morgan fingerprint density at radius 2 is 1.92 bits per heavy atom. The van der Waals surface area contributed by atoms with Gasteiger partial charge in [0.2, 0.25) is 11.8 Å². The number of benzene rings is 1.